The van der Waals surface area contributed by atoms with Gasteiger partial charge in [0.25, 0.3) is 5.91 Å². The summed E-state index contributed by atoms with van der Waals surface area (Å²) in [7, 11) is 1.55. The fourth-order valence-corrected chi connectivity index (χ4v) is 2.78. The molecule has 6 heteroatoms. The van der Waals surface area contributed by atoms with Gasteiger partial charge in [-0.25, -0.2) is 0 Å². The molecule has 1 saturated carbocycles. The van der Waals surface area contributed by atoms with Crippen LogP contribution in [0, 0.1) is 5.92 Å². The summed E-state index contributed by atoms with van der Waals surface area (Å²) in [5.41, 5.74) is 0.0690. The number of likely N-dealkylation sites (N-methyl/N-ethyl adjacent to an activating group) is 1. The maximum Gasteiger partial charge on any atom is 0.387 e. The smallest absolute Gasteiger partial charge is 0.387 e. The van der Waals surface area contributed by atoms with Crippen molar-refractivity contribution in [3.63, 3.8) is 0 Å². The van der Waals surface area contributed by atoms with Gasteiger partial charge in [-0.15, -0.1) is 0 Å². The zero-order valence-electron chi connectivity index (χ0n) is 13.3. The van der Waals surface area contributed by atoms with E-state index in [0.29, 0.717) is 5.39 Å². The Hall–Kier alpha value is -2.21. The molecule has 0 saturated heterocycles. The number of rotatable bonds is 6. The lowest BCUT2D eigenvalue weighted by molar-refractivity contribution is -0.0502. The van der Waals surface area contributed by atoms with Crippen LogP contribution in [0.5, 0.6) is 5.75 Å². The van der Waals surface area contributed by atoms with Gasteiger partial charge < -0.3 is 14.7 Å². The highest BCUT2D eigenvalue weighted by Gasteiger charge is 2.31. The molecule has 1 N–H and O–H groups in total. The maximum atomic E-state index is 12.7. The third-order valence-corrected chi connectivity index (χ3v) is 4.27. The van der Waals surface area contributed by atoms with Crippen LogP contribution in [-0.4, -0.2) is 42.2 Å². The van der Waals surface area contributed by atoms with E-state index in [9.17, 15) is 18.7 Å². The van der Waals surface area contributed by atoms with Crippen LogP contribution in [0.1, 0.15) is 23.2 Å². The molecule has 1 atom stereocenters. The number of aliphatic hydroxyl groups excluding tert-OH is 1. The van der Waals surface area contributed by atoms with Crippen LogP contribution in [0.3, 0.4) is 0 Å². The molecule has 0 bridgehead atoms. The molecule has 2 aromatic rings. The van der Waals surface area contributed by atoms with Crippen LogP contribution >= 0.6 is 0 Å². The zero-order chi connectivity index (χ0) is 17.3. The molecule has 0 spiro atoms. The van der Waals surface area contributed by atoms with E-state index in [2.05, 4.69) is 4.74 Å². The van der Waals surface area contributed by atoms with E-state index in [1.54, 1.807) is 31.3 Å². The number of carbonyl (C=O) groups is 1. The summed E-state index contributed by atoms with van der Waals surface area (Å²) in [4.78, 5) is 14.0. The van der Waals surface area contributed by atoms with Crippen LogP contribution in [0.4, 0.5) is 8.78 Å². The van der Waals surface area contributed by atoms with E-state index in [1.165, 1.54) is 11.0 Å². The van der Waals surface area contributed by atoms with Crippen LogP contribution in [0.25, 0.3) is 10.8 Å². The molecule has 2 aromatic carbocycles. The number of nitrogens with zero attached hydrogens (tertiary/aromatic N) is 1. The molecule has 3 rings (SSSR count). The summed E-state index contributed by atoms with van der Waals surface area (Å²) in [6, 6.07) is 10.2. The monoisotopic (exact) mass is 335 g/mol. The Morgan fingerprint density at radius 2 is 1.92 bits per heavy atom. The lowest BCUT2D eigenvalue weighted by atomic mass is 10.0. The molecule has 128 valence electrons. The Labute approximate surface area is 138 Å². The third-order valence-electron chi connectivity index (χ3n) is 4.27. The van der Waals surface area contributed by atoms with Gasteiger partial charge in [0.2, 0.25) is 0 Å². The van der Waals surface area contributed by atoms with Crippen LogP contribution in [0.2, 0.25) is 0 Å². The average Bonchev–Trinajstić information content (AvgIpc) is 3.37. The second-order valence-electron chi connectivity index (χ2n) is 6.16. The minimum absolute atomic E-state index is 0.0690. The molecule has 1 aliphatic rings. The molecule has 4 nitrogen and oxygen atoms in total. The van der Waals surface area contributed by atoms with Gasteiger partial charge in [0.1, 0.15) is 5.75 Å². The van der Waals surface area contributed by atoms with Crippen molar-refractivity contribution in [1.29, 1.82) is 0 Å². The van der Waals surface area contributed by atoms with E-state index in [0.717, 1.165) is 18.2 Å². The third kappa shape index (κ3) is 3.64. The number of hydrogen-bond acceptors (Lipinski definition) is 3. The second kappa shape index (κ2) is 6.73. The SMILES string of the molecule is CN(CC(O)C1CC1)C(=O)c1cc2ccccc2cc1OC(F)F. The van der Waals surface area contributed by atoms with Crippen molar-refractivity contribution >= 4 is 16.7 Å². The lowest BCUT2D eigenvalue weighted by Gasteiger charge is -2.22. The van der Waals surface area contributed by atoms with Gasteiger partial charge in [0.15, 0.2) is 0 Å². The molecule has 0 aromatic heterocycles. The van der Waals surface area contributed by atoms with Crippen molar-refractivity contribution in [2.75, 3.05) is 13.6 Å². The maximum absolute atomic E-state index is 12.7. The van der Waals surface area contributed by atoms with Crippen LogP contribution in [0.15, 0.2) is 36.4 Å². The number of alkyl halides is 2. The average molecular weight is 335 g/mol. The molecule has 1 aliphatic carbocycles. The standard InChI is InChI=1S/C18H19F2NO3/c1-21(10-15(22)11-6-7-11)17(23)14-8-12-4-2-3-5-13(12)9-16(14)24-18(19)20/h2-5,8-9,11,15,18,22H,6-7,10H2,1H3. The molecule has 1 unspecified atom stereocenters. The van der Waals surface area contributed by atoms with Gasteiger partial charge in [0.05, 0.1) is 11.7 Å². The Bertz CT molecular complexity index is 746. The molecule has 24 heavy (non-hydrogen) atoms. The zero-order valence-corrected chi connectivity index (χ0v) is 13.3. The van der Waals surface area contributed by atoms with E-state index in [1.807, 2.05) is 6.07 Å². The molecule has 1 amide bonds. The largest absolute Gasteiger partial charge is 0.434 e. The van der Waals surface area contributed by atoms with Gasteiger partial charge >= 0.3 is 6.61 Å². The van der Waals surface area contributed by atoms with Crippen molar-refractivity contribution in [2.24, 2.45) is 5.92 Å². The predicted octanol–water partition coefficient (Wildman–Crippen LogP) is 3.28. The van der Waals surface area contributed by atoms with Gasteiger partial charge in [-0.1, -0.05) is 24.3 Å². The van der Waals surface area contributed by atoms with Gasteiger partial charge in [-0.05, 0) is 41.7 Å². The van der Waals surface area contributed by atoms with Crippen LogP contribution in [-0.2, 0) is 0 Å². The Morgan fingerprint density at radius 3 is 2.50 bits per heavy atom. The van der Waals surface area contributed by atoms with Crippen LogP contribution < -0.4 is 4.74 Å². The van der Waals surface area contributed by atoms with Gasteiger partial charge in [0, 0.05) is 13.6 Å². The molecular weight excluding hydrogens is 316 g/mol. The number of hydrogen-bond donors (Lipinski definition) is 1. The van der Waals surface area contributed by atoms with E-state index >= 15 is 0 Å². The normalized spacial score (nSPS) is 15.5. The van der Waals surface area contributed by atoms with E-state index in [4.69, 9.17) is 0 Å². The quantitative estimate of drug-likeness (QED) is 0.881. The summed E-state index contributed by atoms with van der Waals surface area (Å²) in [5.74, 6) is -0.369. The van der Waals surface area contributed by atoms with Crippen molar-refractivity contribution < 1.29 is 23.4 Å². The van der Waals surface area contributed by atoms with Crippen molar-refractivity contribution in [3.8, 4) is 5.75 Å². The molecule has 0 radical (unpaired) electrons. The van der Waals surface area contributed by atoms with E-state index in [-0.39, 0.29) is 23.8 Å². The Balaban J connectivity index is 1.91. The number of amides is 1. The number of carbonyl (C=O) groups excluding carboxylic acids is 1. The topological polar surface area (TPSA) is 49.8 Å². The summed E-state index contributed by atoms with van der Waals surface area (Å²) >= 11 is 0. The lowest BCUT2D eigenvalue weighted by Crippen LogP contribution is -2.35. The number of halogens is 2. The number of ether oxygens (including phenoxy) is 1. The first-order valence-corrected chi connectivity index (χ1v) is 7.87. The van der Waals surface area contributed by atoms with Crippen molar-refractivity contribution in [3.05, 3.63) is 42.0 Å². The Kier molecular flexibility index (Phi) is 4.66. The first-order valence-electron chi connectivity index (χ1n) is 7.87. The minimum Gasteiger partial charge on any atom is -0.434 e. The van der Waals surface area contributed by atoms with Crippen molar-refractivity contribution in [1.82, 2.24) is 4.90 Å². The summed E-state index contributed by atoms with van der Waals surface area (Å²) in [6.45, 7) is -2.84. The minimum atomic E-state index is -3.01. The summed E-state index contributed by atoms with van der Waals surface area (Å²) < 4.78 is 30.0. The first-order chi connectivity index (χ1) is 11.5. The summed E-state index contributed by atoms with van der Waals surface area (Å²) in [6.07, 6.45) is 1.33. The molecule has 0 aliphatic heterocycles. The van der Waals surface area contributed by atoms with E-state index < -0.39 is 18.6 Å². The molecule has 0 heterocycles. The molecular formula is C18H19F2NO3. The fraction of sp³-hybridized carbons (Fsp3) is 0.389. The highest BCUT2D eigenvalue weighted by Crippen LogP contribution is 2.33. The number of benzene rings is 2. The number of aliphatic hydroxyl groups is 1. The highest BCUT2D eigenvalue weighted by atomic mass is 19.3. The second-order valence-corrected chi connectivity index (χ2v) is 6.16. The summed E-state index contributed by atoms with van der Waals surface area (Å²) in [5, 5.41) is 11.5. The Morgan fingerprint density at radius 1 is 1.29 bits per heavy atom. The fourth-order valence-electron chi connectivity index (χ4n) is 2.78. The molecule has 1 fully saturated rings. The van der Waals surface area contributed by atoms with Crippen molar-refractivity contribution in [2.45, 2.75) is 25.6 Å². The highest BCUT2D eigenvalue weighted by molar-refractivity contribution is 6.01. The van der Waals surface area contributed by atoms with Gasteiger partial charge in [-0.3, -0.25) is 4.79 Å². The first kappa shape index (κ1) is 16.6. The number of fused-ring (bicyclic) bond motifs is 1. The van der Waals surface area contributed by atoms with Gasteiger partial charge in [-0.2, -0.15) is 8.78 Å². The predicted molar refractivity (Wildman–Crippen MR) is 86.3 cm³/mol.